The maximum atomic E-state index is 14.4. The molecular weight excluding hydrogens is 1670 g/mol. The molecule has 0 saturated carbocycles. The fraction of sp³-hybridized carbons (Fsp3) is 0.417. The normalized spacial score (nSPS) is 15.2. The monoisotopic (exact) mass is 1790 g/mol. The fourth-order valence-corrected chi connectivity index (χ4v) is 18.6. The van der Waals surface area contributed by atoms with Crippen molar-refractivity contribution < 1.29 is 18.3 Å². The van der Waals surface area contributed by atoms with E-state index < -0.39 is 77.6 Å². The maximum absolute atomic E-state index is 14.4. The van der Waals surface area contributed by atoms with Crippen LogP contribution in [0.4, 0.5) is 99.8 Å². The van der Waals surface area contributed by atoms with E-state index in [0.29, 0.717) is 102 Å². The highest BCUT2D eigenvalue weighted by Gasteiger charge is 2.43. The van der Waals surface area contributed by atoms with Crippen molar-refractivity contribution in [3.05, 3.63) is 299 Å². The third-order valence-electron chi connectivity index (χ3n) is 24.7. The van der Waals surface area contributed by atoms with Gasteiger partial charge in [-0.25, -0.2) is 0 Å². The predicted molar refractivity (Wildman–Crippen MR) is 524 cm³/mol. The number of aryl methyl sites for hydroxylation is 3. The summed E-state index contributed by atoms with van der Waals surface area (Å²) in [4.78, 5) is 150. The highest BCUT2D eigenvalue weighted by atomic mass is 19.3. The third kappa shape index (κ3) is 20.3. The Hall–Kier alpha value is -13.1. The molecule has 0 radical (unpaired) electrons. The van der Waals surface area contributed by atoms with E-state index in [1.165, 1.54) is 61.0 Å². The van der Waals surface area contributed by atoms with Crippen LogP contribution in [0.3, 0.4) is 0 Å². The second-order valence-corrected chi connectivity index (χ2v) is 38.0. The Balaban J connectivity index is 0.000000134. The van der Waals surface area contributed by atoms with E-state index in [4.69, 9.17) is 43.9 Å². The molecule has 0 unspecified atom stereocenters. The predicted octanol–water partition coefficient (Wildman–Crippen LogP) is 12.5. The van der Waals surface area contributed by atoms with Crippen molar-refractivity contribution in [1.82, 2.24) is 0 Å². The minimum atomic E-state index is -3.09. The van der Waals surface area contributed by atoms with Crippen molar-refractivity contribution in [3.63, 3.8) is 0 Å². The zero-order valence-corrected chi connectivity index (χ0v) is 76.9. The molecule has 131 heavy (non-hydrogen) atoms. The molecule has 18 rings (SSSR count). The smallest absolute Gasteiger partial charge is 0.290 e. The van der Waals surface area contributed by atoms with Gasteiger partial charge in [0, 0.05) is 56.2 Å². The van der Waals surface area contributed by atoms with E-state index in [1.807, 2.05) is 60.9 Å². The number of anilines is 16. The largest absolute Gasteiger partial charge is 0.491 e. The van der Waals surface area contributed by atoms with Gasteiger partial charge in [0.2, 0.25) is 0 Å². The van der Waals surface area contributed by atoms with Crippen LogP contribution in [0.15, 0.2) is 167 Å². The molecule has 6 aliphatic rings. The molecule has 0 aromatic heterocycles. The highest BCUT2D eigenvalue weighted by Crippen LogP contribution is 2.44. The molecule has 6 aliphatic heterocycles. The van der Waals surface area contributed by atoms with Gasteiger partial charge in [-0.1, -0.05) is 156 Å². The molecule has 26 nitrogen and oxygen atoms in total. The Morgan fingerprint density at radius 1 is 0.290 bits per heavy atom. The first kappa shape index (κ1) is 95.4. The van der Waals surface area contributed by atoms with Crippen molar-refractivity contribution in [2.75, 3.05) is 116 Å². The molecule has 0 bridgehead atoms. The molecule has 28 heteroatoms. The van der Waals surface area contributed by atoms with Crippen molar-refractivity contribution in [2.24, 2.45) is 35.5 Å². The standard InChI is InChI=1S/2C18H22N2O2.C17H18F2N2O2.C17H20N2O3.C17H20N2O2.C16H18N2O3/c1-11(2)8-12-5-6-13-4-3-7-20(10-14(13)9-12)16-15(19)17(21)18(16)22;1-11(2)9-12-6-7-13-5-3-4-8-20(14(13)10-12)16-15(19)17(21)18(16)22;1-9(2)5-10-3-4-12-11(6-10)7-21(8-17(12,18)19)14-13(20)15(22)16(14)23;1-10(2)8-11-4-5-13-12(9-11)19(6-3-7-22-13)15-14(18)16(20)17(15)21;1-10(2)8-11-5-6-12-4-3-7-19(13(12)9-11)15-14(18)16(20)17(15)21;1-9(2)7-10-3-4-12-11(8-10)18(5-6-21-12)14-13(17)15(19)16(14)20/h5-6,9,11H,3-4,7-8,10,19H2,1-2H3;6-7,10-11H,3-5,8-9,19H2,1-2H3;3-4,6,9H,5,7-8,20H2,1-2H3;4-5,9-10H,3,6-8,18H2,1-2H3;5-6,9-10H,3-4,7-8,18H2,1-2H3;3-4,8-9H,5-7,17H2,1-2H3. The molecule has 0 atom stereocenters. The van der Waals surface area contributed by atoms with Gasteiger partial charge in [-0.2, -0.15) is 8.78 Å². The Kier molecular flexibility index (Phi) is 28.9. The Bertz CT molecular complexity index is 6470. The Labute approximate surface area is 759 Å². The zero-order chi connectivity index (χ0) is 94.8. The summed E-state index contributed by atoms with van der Waals surface area (Å²) in [5.74, 6) is 1.63. The SMILES string of the molecule is CC(C)Cc1ccc2c(c1)CN(c1c(N)c(=O)c1=O)CC2(F)F.CC(C)Cc1ccc2c(c1)CN(c1c(N)c(=O)c1=O)CCC2.CC(C)Cc1ccc2c(c1)N(c1c(N)c(=O)c1=O)CCC2.CC(C)Cc1ccc2c(c1)N(c1c(N)c(=O)c1=O)CCCC2.CC(C)Cc1ccc2c(c1)N(c1c(N)c(=O)c1=O)CCCO2.CC(C)Cc1ccc2c(c1)N(c1c(N)c(=O)c1=O)CCO2. The highest BCUT2D eigenvalue weighted by molar-refractivity contribution is 5.85. The number of nitrogen functional groups attached to an aromatic ring is 6. The number of nitrogens with two attached hydrogens (primary N) is 6. The van der Waals surface area contributed by atoms with Crippen LogP contribution in [0, 0.1) is 35.5 Å². The first-order chi connectivity index (χ1) is 62.1. The molecule has 0 fully saturated rings. The van der Waals surface area contributed by atoms with Gasteiger partial charge < -0.3 is 73.3 Å². The molecule has 6 heterocycles. The van der Waals surface area contributed by atoms with Crippen molar-refractivity contribution >= 4 is 91.0 Å². The molecule has 0 amide bonds. The molecule has 690 valence electrons. The number of ether oxygens (including phenoxy) is 2. The van der Waals surface area contributed by atoms with Gasteiger partial charge >= 0.3 is 0 Å². The summed E-state index contributed by atoms with van der Waals surface area (Å²) < 4.78 is 40.2. The van der Waals surface area contributed by atoms with Gasteiger partial charge in [0.15, 0.2) is 0 Å². The van der Waals surface area contributed by atoms with E-state index in [-0.39, 0.29) is 51.9 Å². The van der Waals surface area contributed by atoms with Gasteiger partial charge in [0.25, 0.3) is 71.1 Å². The van der Waals surface area contributed by atoms with Crippen molar-refractivity contribution in [3.8, 4) is 11.5 Å². The van der Waals surface area contributed by atoms with Crippen LogP contribution >= 0.6 is 0 Å². The Morgan fingerprint density at radius 2 is 0.588 bits per heavy atom. The summed E-state index contributed by atoms with van der Waals surface area (Å²) >= 11 is 0. The lowest BCUT2D eigenvalue weighted by atomic mass is 9.91. The number of alkyl halides is 2. The van der Waals surface area contributed by atoms with Crippen LogP contribution < -0.4 is 138 Å². The minimum absolute atomic E-state index is 0.0153. The van der Waals surface area contributed by atoms with Crippen LogP contribution in [0.5, 0.6) is 11.5 Å². The van der Waals surface area contributed by atoms with E-state index >= 15 is 0 Å². The number of halogens is 2. The number of hydrogen-bond donors (Lipinski definition) is 6. The van der Waals surface area contributed by atoms with Gasteiger partial charge in [-0.3, -0.25) is 57.5 Å². The number of benzene rings is 6. The fourth-order valence-electron chi connectivity index (χ4n) is 18.6. The number of fused-ring (bicyclic) bond motifs is 6. The lowest BCUT2D eigenvalue weighted by Crippen LogP contribution is -2.48. The van der Waals surface area contributed by atoms with Gasteiger partial charge in [-0.05, 0) is 223 Å². The van der Waals surface area contributed by atoms with Gasteiger partial charge in [-0.15, -0.1) is 0 Å². The first-order valence-electron chi connectivity index (χ1n) is 45.6. The summed E-state index contributed by atoms with van der Waals surface area (Å²) in [6, 6.07) is 36.6. The van der Waals surface area contributed by atoms with Crippen LogP contribution in [-0.4, -0.2) is 52.5 Å². The van der Waals surface area contributed by atoms with Crippen LogP contribution in [0.2, 0.25) is 0 Å². The molecular formula is C103H120F2N12O14. The van der Waals surface area contributed by atoms with E-state index in [0.717, 1.165) is 149 Å². The van der Waals surface area contributed by atoms with Gasteiger partial charge in [0.05, 0.1) is 31.1 Å². The van der Waals surface area contributed by atoms with E-state index in [1.54, 1.807) is 12.1 Å². The second-order valence-electron chi connectivity index (χ2n) is 38.0. The average molecular weight is 1790 g/mol. The summed E-state index contributed by atoms with van der Waals surface area (Å²) in [5.41, 5.74) is 46.0. The molecule has 0 spiro atoms. The molecule has 12 aromatic rings. The minimum Gasteiger partial charge on any atom is -0.491 e. The van der Waals surface area contributed by atoms with Crippen LogP contribution in [-0.2, 0) is 76.8 Å². The summed E-state index contributed by atoms with van der Waals surface area (Å²) in [7, 11) is 0. The maximum Gasteiger partial charge on any atom is 0.290 e. The molecule has 12 aromatic carbocycles. The third-order valence-corrected chi connectivity index (χ3v) is 24.7. The first-order valence-corrected chi connectivity index (χ1v) is 45.6. The lowest BCUT2D eigenvalue weighted by molar-refractivity contribution is -0.00252. The second kappa shape index (κ2) is 39.7. The molecule has 0 saturated heterocycles. The Morgan fingerprint density at radius 3 is 1.00 bits per heavy atom. The summed E-state index contributed by atoms with van der Waals surface area (Å²) in [5, 5.41) is 0. The number of nitrogens with zero attached hydrogens (tertiary/aromatic N) is 6. The summed E-state index contributed by atoms with van der Waals surface area (Å²) in [6.07, 6.45) is 13.5. The van der Waals surface area contributed by atoms with Gasteiger partial charge in [0.1, 0.15) is 86.4 Å². The zero-order valence-electron chi connectivity index (χ0n) is 76.9. The average Bonchev–Trinajstić information content (AvgIpc) is 1.34. The lowest BCUT2D eigenvalue weighted by Gasteiger charge is -2.36. The molecule has 0 aliphatic carbocycles. The number of rotatable bonds is 18. The quantitative estimate of drug-likeness (QED) is 0.0435. The van der Waals surface area contributed by atoms with E-state index in [2.05, 4.69) is 138 Å². The topological polar surface area (TPSA) is 399 Å². The molecule has 12 N–H and O–H groups in total. The van der Waals surface area contributed by atoms with Crippen molar-refractivity contribution in [2.45, 2.75) is 192 Å². The number of hydrogen-bond acceptors (Lipinski definition) is 26. The summed E-state index contributed by atoms with van der Waals surface area (Å²) in [6.45, 7) is 30.6. The van der Waals surface area contributed by atoms with Crippen LogP contribution in [0.1, 0.15) is 182 Å². The van der Waals surface area contributed by atoms with Crippen LogP contribution in [0.25, 0.3) is 0 Å². The van der Waals surface area contributed by atoms with Crippen molar-refractivity contribution in [1.29, 1.82) is 0 Å². The van der Waals surface area contributed by atoms with E-state index in [9.17, 15) is 66.3 Å².